The van der Waals surface area contributed by atoms with Gasteiger partial charge in [-0.2, -0.15) is 0 Å². The number of benzene rings is 3. The van der Waals surface area contributed by atoms with Gasteiger partial charge in [-0.1, -0.05) is 78.9 Å². The summed E-state index contributed by atoms with van der Waals surface area (Å²) in [5.41, 5.74) is 0.988. The van der Waals surface area contributed by atoms with Crippen molar-refractivity contribution < 1.29 is 14.5 Å². The first-order chi connectivity index (χ1) is 14.5. The number of imide groups is 1. The Morgan fingerprint density at radius 1 is 0.967 bits per heavy atom. The van der Waals surface area contributed by atoms with Gasteiger partial charge in [0, 0.05) is 11.8 Å². The summed E-state index contributed by atoms with van der Waals surface area (Å²) in [6.07, 6.45) is 0. The van der Waals surface area contributed by atoms with Crippen LogP contribution in [0.4, 0.5) is 5.69 Å². The summed E-state index contributed by atoms with van der Waals surface area (Å²) in [5, 5.41) is 11.8. The normalized spacial score (nSPS) is 18.7. The number of hydrogen-bond acceptors (Lipinski definition) is 4. The van der Waals surface area contributed by atoms with Gasteiger partial charge in [0.1, 0.15) is 5.41 Å². The van der Waals surface area contributed by atoms with Crippen LogP contribution in [0.1, 0.15) is 29.5 Å². The first kappa shape index (κ1) is 19.5. The summed E-state index contributed by atoms with van der Waals surface area (Å²) in [5.74, 6) is -1.68. The van der Waals surface area contributed by atoms with Gasteiger partial charge in [-0.05, 0) is 22.8 Å². The number of para-hydroxylation sites is 1. The van der Waals surface area contributed by atoms with Crippen molar-refractivity contribution in [3.8, 4) is 0 Å². The van der Waals surface area contributed by atoms with Crippen LogP contribution in [-0.2, 0) is 15.0 Å². The Bertz CT molecular complexity index is 1110. The molecule has 30 heavy (non-hydrogen) atoms. The number of carbonyl (C=O) groups is 2. The molecule has 1 heterocycles. The molecule has 1 aliphatic heterocycles. The fourth-order valence-corrected chi connectivity index (χ4v) is 4.56. The molecule has 0 N–H and O–H groups in total. The molecule has 0 saturated carbocycles. The van der Waals surface area contributed by atoms with E-state index in [1.54, 1.807) is 72.8 Å². The lowest BCUT2D eigenvalue weighted by Crippen LogP contribution is -2.48. The predicted molar refractivity (Wildman–Crippen MR) is 113 cm³/mol. The van der Waals surface area contributed by atoms with E-state index in [0.29, 0.717) is 22.4 Å². The molecular formula is C24H20N2O4. The van der Waals surface area contributed by atoms with Gasteiger partial charge in [0.2, 0.25) is 18.4 Å². The summed E-state index contributed by atoms with van der Waals surface area (Å²) in [7, 11) is 0. The van der Waals surface area contributed by atoms with Gasteiger partial charge in [-0.3, -0.25) is 19.7 Å². The molecule has 0 aliphatic carbocycles. The van der Waals surface area contributed by atoms with Crippen LogP contribution in [0, 0.1) is 10.1 Å². The van der Waals surface area contributed by atoms with Crippen molar-refractivity contribution in [1.29, 1.82) is 0 Å². The molecule has 3 aromatic carbocycles. The van der Waals surface area contributed by atoms with Crippen LogP contribution in [0.2, 0.25) is 0 Å². The minimum absolute atomic E-state index is 0.394. The average Bonchev–Trinajstić information content (AvgIpc) is 3.02. The molecule has 1 aliphatic rings. The average molecular weight is 400 g/mol. The zero-order valence-corrected chi connectivity index (χ0v) is 16.4. The highest BCUT2D eigenvalue weighted by atomic mass is 16.6. The van der Waals surface area contributed by atoms with Gasteiger partial charge in [0.15, 0.2) is 0 Å². The highest BCUT2D eigenvalue weighted by Gasteiger charge is 2.59. The summed E-state index contributed by atoms with van der Waals surface area (Å²) in [6.45, 7) is 0.880. The van der Waals surface area contributed by atoms with E-state index in [2.05, 4.69) is 0 Å². The summed E-state index contributed by atoms with van der Waals surface area (Å²) in [6, 6.07) is 25.1. The lowest BCUT2D eigenvalue weighted by molar-refractivity contribution is -0.484. The van der Waals surface area contributed by atoms with Crippen LogP contribution in [-0.4, -0.2) is 23.3 Å². The van der Waals surface area contributed by atoms with Crippen molar-refractivity contribution in [2.75, 3.05) is 11.4 Å². The summed E-state index contributed by atoms with van der Waals surface area (Å²) >= 11 is 0. The molecule has 4 rings (SSSR count). The second-order valence-electron chi connectivity index (χ2n) is 7.33. The fourth-order valence-electron chi connectivity index (χ4n) is 4.56. The largest absolute Gasteiger partial charge is 0.274 e. The van der Waals surface area contributed by atoms with Gasteiger partial charge in [0.05, 0.1) is 11.6 Å². The Hall–Kier alpha value is -3.80. The van der Waals surface area contributed by atoms with E-state index in [0.717, 1.165) is 4.90 Å². The van der Waals surface area contributed by atoms with E-state index >= 15 is 0 Å². The monoisotopic (exact) mass is 400 g/mol. The molecule has 0 fully saturated rings. The third kappa shape index (κ3) is 2.88. The number of rotatable bonds is 5. The molecule has 3 aromatic rings. The van der Waals surface area contributed by atoms with Gasteiger partial charge in [0.25, 0.3) is 0 Å². The number of nitrogens with zero attached hydrogens (tertiary/aromatic N) is 2. The van der Waals surface area contributed by atoms with Crippen LogP contribution < -0.4 is 4.90 Å². The van der Waals surface area contributed by atoms with Crippen molar-refractivity contribution in [2.45, 2.75) is 18.3 Å². The molecule has 0 bridgehead atoms. The SMILES string of the molecule is CC(=O)N1C(=O)[C@](c2ccccc2)(C(C[N+](=O)[O-])c2ccccc2)c2ccccc21. The Kier molecular flexibility index (Phi) is 4.91. The third-order valence-corrected chi connectivity index (χ3v) is 5.71. The molecule has 2 atom stereocenters. The third-order valence-electron chi connectivity index (χ3n) is 5.71. The predicted octanol–water partition coefficient (Wildman–Crippen LogP) is 3.93. The zero-order valence-electron chi connectivity index (χ0n) is 16.4. The molecular weight excluding hydrogens is 380 g/mol. The lowest BCUT2D eigenvalue weighted by Gasteiger charge is -2.35. The Morgan fingerprint density at radius 3 is 2.13 bits per heavy atom. The van der Waals surface area contributed by atoms with Crippen molar-refractivity contribution in [3.63, 3.8) is 0 Å². The van der Waals surface area contributed by atoms with Crippen molar-refractivity contribution in [2.24, 2.45) is 0 Å². The Balaban J connectivity index is 2.10. The maximum atomic E-state index is 14.0. The topological polar surface area (TPSA) is 80.5 Å². The first-order valence-corrected chi connectivity index (χ1v) is 9.64. The standard InChI is InChI=1S/C24H20N2O4/c1-17(27)26-22-15-9-8-14-20(22)24(23(26)28,19-12-6-3-7-13-19)21(16-25(29)30)18-10-4-2-5-11-18/h2-15,21H,16H2,1H3/t21?,24-/m0/s1. The number of anilines is 1. The second kappa shape index (κ2) is 7.55. The number of carbonyl (C=O) groups excluding carboxylic acids is 2. The second-order valence-corrected chi connectivity index (χ2v) is 7.33. The number of amides is 2. The number of hydrogen-bond donors (Lipinski definition) is 0. The first-order valence-electron chi connectivity index (χ1n) is 9.64. The fraction of sp³-hybridized carbons (Fsp3) is 0.167. The van der Waals surface area contributed by atoms with Crippen molar-refractivity contribution >= 4 is 17.5 Å². The maximum absolute atomic E-state index is 14.0. The van der Waals surface area contributed by atoms with E-state index in [1.807, 2.05) is 12.1 Å². The van der Waals surface area contributed by atoms with Gasteiger partial charge in [-0.15, -0.1) is 0 Å². The molecule has 0 radical (unpaired) electrons. The van der Waals surface area contributed by atoms with Crippen LogP contribution in [0.15, 0.2) is 84.9 Å². The van der Waals surface area contributed by atoms with Crippen LogP contribution in [0.5, 0.6) is 0 Å². The molecule has 2 amide bonds. The van der Waals surface area contributed by atoms with E-state index in [4.69, 9.17) is 0 Å². The minimum atomic E-state index is -1.39. The van der Waals surface area contributed by atoms with Crippen LogP contribution in [0.3, 0.4) is 0 Å². The minimum Gasteiger partial charge on any atom is -0.274 e. The van der Waals surface area contributed by atoms with Crippen molar-refractivity contribution in [1.82, 2.24) is 0 Å². The van der Waals surface area contributed by atoms with E-state index < -0.39 is 34.6 Å². The smallest absolute Gasteiger partial charge is 0.249 e. The highest BCUT2D eigenvalue weighted by molar-refractivity contribution is 6.24. The van der Waals surface area contributed by atoms with Crippen LogP contribution >= 0.6 is 0 Å². The lowest BCUT2D eigenvalue weighted by atomic mass is 9.64. The molecule has 6 heteroatoms. The van der Waals surface area contributed by atoms with Crippen molar-refractivity contribution in [3.05, 3.63) is 112 Å². The van der Waals surface area contributed by atoms with Gasteiger partial charge >= 0.3 is 0 Å². The van der Waals surface area contributed by atoms with E-state index in [1.165, 1.54) is 6.92 Å². The van der Waals surface area contributed by atoms with Crippen LogP contribution in [0.25, 0.3) is 0 Å². The van der Waals surface area contributed by atoms with E-state index in [9.17, 15) is 19.7 Å². The zero-order chi connectivity index (χ0) is 21.3. The highest BCUT2D eigenvalue weighted by Crippen LogP contribution is 2.53. The quantitative estimate of drug-likeness (QED) is 0.480. The summed E-state index contributed by atoms with van der Waals surface area (Å²) < 4.78 is 0. The van der Waals surface area contributed by atoms with Gasteiger partial charge in [-0.25, -0.2) is 4.90 Å². The molecule has 6 nitrogen and oxygen atoms in total. The van der Waals surface area contributed by atoms with Gasteiger partial charge < -0.3 is 0 Å². The molecule has 150 valence electrons. The molecule has 1 unspecified atom stereocenters. The molecule has 0 saturated heterocycles. The number of nitro groups is 1. The Labute approximate surface area is 173 Å². The summed E-state index contributed by atoms with van der Waals surface area (Å²) in [4.78, 5) is 39.0. The molecule has 0 spiro atoms. The van der Waals surface area contributed by atoms with E-state index in [-0.39, 0.29) is 0 Å². The Morgan fingerprint density at radius 2 is 1.53 bits per heavy atom. The number of fused-ring (bicyclic) bond motifs is 1. The maximum Gasteiger partial charge on any atom is 0.249 e. The molecule has 0 aromatic heterocycles.